The van der Waals surface area contributed by atoms with E-state index in [1.165, 1.54) is 11.3 Å². The lowest BCUT2D eigenvalue weighted by molar-refractivity contribution is -0.130. The van der Waals surface area contributed by atoms with Crippen LogP contribution in [-0.2, 0) is 4.79 Å². The van der Waals surface area contributed by atoms with Crippen molar-refractivity contribution in [3.63, 3.8) is 0 Å². The van der Waals surface area contributed by atoms with Crippen LogP contribution in [0.4, 0.5) is 5.13 Å². The summed E-state index contributed by atoms with van der Waals surface area (Å²) in [4.78, 5) is 20.6. The smallest absolute Gasteiger partial charge is 0.338 e. The molecule has 1 N–H and O–H groups in total. The lowest BCUT2D eigenvalue weighted by Gasteiger charge is -1.99. The minimum atomic E-state index is -1.11. The number of carbonyl (C=O) groups is 1. The van der Waals surface area contributed by atoms with Gasteiger partial charge in [0.05, 0.1) is 17.6 Å². The first-order valence-corrected chi connectivity index (χ1v) is 5.56. The first-order valence-electron chi connectivity index (χ1n) is 4.24. The summed E-state index contributed by atoms with van der Waals surface area (Å²) in [7, 11) is 3.67. The van der Waals surface area contributed by atoms with Gasteiger partial charge in [-0.1, -0.05) is 11.6 Å². The highest BCUT2D eigenvalue weighted by Gasteiger charge is 2.13. The minimum absolute atomic E-state index is 0.0378. The fourth-order valence-corrected chi connectivity index (χ4v) is 1.69. The SMILES string of the molecule is CN(C)C=Nc1nc(C(=CCl)C(=O)O)cs1. The van der Waals surface area contributed by atoms with E-state index in [9.17, 15) is 4.79 Å². The molecule has 86 valence electrons. The molecule has 0 aliphatic carbocycles. The number of aromatic nitrogens is 1. The van der Waals surface area contributed by atoms with Gasteiger partial charge in [0.25, 0.3) is 0 Å². The fourth-order valence-electron chi connectivity index (χ4n) is 0.824. The van der Waals surface area contributed by atoms with Gasteiger partial charge in [0.1, 0.15) is 0 Å². The molecule has 0 aliphatic rings. The summed E-state index contributed by atoms with van der Waals surface area (Å²) in [5, 5.41) is 10.9. The van der Waals surface area contributed by atoms with Gasteiger partial charge in [-0.2, -0.15) is 0 Å². The van der Waals surface area contributed by atoms with Crippen LogP contribution in [0.3, 0.4) is 0 Å². The van der Waals surface area contributed by atoms with Gasteiger partial charge >= 0.3 is 5.97 Å². The molecule has 1 rings (SSSR count). The van der Waals surface area contributed by atoms with Crippen molar-refractivity contribution in [2.75, 3.05) is 14.1 Å². The highest BCUT2D eigenvalue weighted by atomic mass is 35.5. The number of aliphatic imine (C=N–C) groups is 1. The molecule has 7 heteroatoms. The van der Waals surface area contributed by atoms with Crippen LogP contribution in [0.15, 0.2) is 15.9 Å². The molecule has 0 bridgehead atoms. The molecule has 0 saturated heterocycles. The number of hydrogen-bond donors (Lipinski definition) is 1. The van der Waals surface area contributed by atoms with Gasteiger partial charge in [-0.25, -0.2) is 14.8 Å². The Morgan fingerprint density at radius 3 is 2.88 bits per heavy atom. The van der Waals surface area contributed by atoms with Gasteiger partial charge in [0.2, 0.25) is 5.13 Å². The highest BCUT2D eigenvalue weighted by molar-refractivity contribution is 7.13. The number of nitrogens with zero attached hydrogens (tertiary/aromatic N) is 3. The van der Waals surface area contributed by atoms with Crippen LogP contribution in [-0.4, -0.2) is 41.4 Å². The van der Waals surface area contributed by atoms with E-state index >= 15 is 0 Å². The Hall–Kier alpha value is -1.40. The van der Waals surface area contributed by atoms with Crippen molar-refractivity contribution in [3.8, 4) is 0 Å². The van der Waals surface area contributed by atoms with Crippen molar-refractivity contribution in [1.82, 2.24) is 9.88 Å². The topological polar surface area (TPSA) is 65.8 Å². The molecule has 5 nitrogen and oxygen atoms in total. The maximum absolute atomic E-state index is 10.8. The molecule has 0 aliphatic heterocycles. The summed E-state index contributed by atoms with van der Waals surface area (Å²) in [6, 6.07) is 0. The molecule has 0 fully saturated rings. The second kappa shape index (κ2) is 5.62. The molecule has 0 spiro atoms. The zero-order valence-electron chi connectivity index (χ0n) is 8.72. The lowest BCUT2D eigenvalue weighted by Crippen LogP contribution is -2.06. The van der Waals surface area contributed by atoms with Crippen LogP contribution in [0.25, 0.3) is 5.57 Å². The average Bonchev–Trinajstić information content (AvgIpc) is 2.64. The third-order valence-electron chi connectivity index (χ3n) is 1.51. The number of hydrogen-bond acceptors (Lipinski definition) is 4. The molecular formula is C9H10ClN3O2S. The van der Waals surface area contributed by atoms with Crippen LogP contribution in [0.2, 0.25) is 0 Å². The Labute approximate surface area is 102 Å². The van der Waals surface area contributed by atoms with Crippen LogP contribution in [0.5, 0.6) is 0 Å². The maximum Gasteiger partial charge on any atom is 0.338 e. The molecule has 0 aromatic carbocycles. The molecule has 0 amide bonds. The van der Waals surface area contributed by atoms with Crippen molar-refractivity contribution in [2.45, 2.75) is 0 Å². The molecule has 1 aromatic heterocycles. The van der Waals surface area contributed by atoms with Crippen LogP contribution in [0, 0.1) is 0 Å². The average molecular weight is 260 g/mol. The van der Waals surface area contributed by atoms with Crippen molar-refractivity contribution in [2.24, 2.45) is 4.99 Å². The summed E-state index contributed by atoms with van der Waals surface area (Å²) in [5.41, 5.74) is 1.28. The number of rotatable bonds is 4. The van der Waals surface area contributed by atoms with E-state index in [1.54, 1.807) is 16.6 Å². The zero-order chi connectivity index (χ0) is 12.1. The number of thiazole rings is 1. The van der Waals surface area contributed by atoms with E-state index in [1.807, 2.05) is 14.1 Å². The molecule has 1 heterocycles. The Morgan fingerprint density at radius 1 is 1.69 bits per heavy atom. The van der Waals surface area contributed by atoms with E-state index in [2.05, 4.69) is 9.98 Å². The second-order valence-electron chi connectivity index (χ2n) is 3.05. The normalized spacial score (nSPS) is 12.1. The van der Waals surface area contributed by atoms with Crippen molar-refractivity contribution in [3.05, 3.63) is 16.6 Å². The highest BCUT2D eigenvalue weighted by Crippen LogP contribution is 2.24. The Balaban J connectivity index is 2.91. The summed E-state index contributed by atoms with van der Waals surface area (Å²) in [6.45, 7) is 0. The van der Waals surface area contributed by atoms with Crippen molar-refractivity contribution >= 4 is 46.0 Å². The maximum atomic E-state index is 10.8. The number of halogens is 1. The Morgan fingerprint density at radius 2 is 2.38 bits per heavy atom. The zero-order valence-corrected chi connectivity index (χ0v) is 10.3. The van der Waals surface area contributed by atoms with E-state index < -0.39 is 5.97 Å². The third-order valence-corrected chi connectivity index (χ3v) is 2.47. The van der Waals surface area contributed by atoms with E-state index in [0.29, 0.717) is 10.8 Å². The van der Waals surface area contributed by atoms with Gasteiger partial charge in [-0.05, 0) is 0 Å². The fraction of sp³-hybridized carbons (Fsp3) is 0.222. The van der Waals surface area contributed by atoms with Gasteiger partial charge in [0, 0.05) is 25.0 Å². The summed E-state index contributed by atoms with van der Waals surface area (Å²) in [6.07, 6.45) is 1.59. The van der Waals surface area contributed by atoms with E-state index in [4.69, 9.17) is 16.7 Å². The molecule has 0 unspecified atom stereocenters. The largest absolute Gasteiger partial charge is 0.478 e. The standard InChI is InChI=1S/C9H10ClN3O2S/c1-13(2)5-11-9-12-7(4-16-9)6(3-10)8(14)15/h3-5H,1-2H3,(H,14,15). The quantitative estimate of drug-likeness (QED) is 0.510. The predicted molar refractivity (Wildman–Crippen MR) is 65.4 cm³/mol. The predicted octanol–water partition coefficient (Wildman–Crippen LogP) is 2.03. The minimum Gasteiger partial charge on any atom is -0.478 e. The van der Waals surface area contributed by atoms with Crippen LogP contribution in [0.1, 0.15) is 5.69 Å². The van der Waals surface area contributed by atoms with Crippen molar-refractivity contribution in [1.29, 1.82) is 0 Å². The van der Waals surface area contributed by atoms with Crippen LogP contribution >= 0.6 is 22.9 Å². The Bertz CT molecular complexity index is 440. The first-order chi connectivity index (χ1) is 7.54. The lowest BCUT2D eigenvalue weighted by atomic mass is 10.2. The van der Waals surface area contributed by atoms with E-state index in [-0.39, 0.29) is 5.57 Å². The molecule has 0 saturated carbocycles. The number of carboxylic acid groups (broad SMARTS) is 1. The third kappa shape index (κ3) is 3.32. The first kappa shape index (κ1) is 12.7. The molecule has 16 heavy (non-hydrogen) atoms. The monoisotopic (exact) mass is 259 g/mol. The van der Waals surface area contributed by atoms with Gasteiger partial charge < -0.3 is 10.0 Å². The molecular weight excluding hydrogens is 250 g/mol. The summed E-state index contributed by atoms with van der Waals surface area (Å²) < 4.78 is 0. The van der Waals surface area contributed by atoms with Gasteiger partial charge in [-0.15, -0.1) is 11.3 Å². The molecule has 0 radical (unpaired) electrons. The van der Waals surface area contributed by atoms with Crippen LogP contribution < -0.4 is 0 Å². The second-order valence-corrected chi connectivity index (χ2v) is 4.11. The number of aliphatic carboxylic acids is 1. The summed E-state index contributed by atoms with van der Waals surface area (Å²) >= 11 is 6.66. The number of carboxylic acids is 1. The van der Waals surface area contributed by atoms with Gasteiger partial charge in [0.15, 0.2) is 0 Å². The van der Waals surface area contributed by atoms with Crippen molar-refractivity contribution < 1.29 is 9.90 Å². The summed E-state index contributed by atoms with van der Waals surface area (Å²) in [5.74, 6) is -1.11. The van der Waals surface area contributed by atoms with Gasteiger partial charge in [-0.3, -0.25) is 0 Å². The van der Waals surface area contributed by atoms with E-state index in [0.717, 1.165) is 5.54 Å². The Kier molecular flexibility index (Phi) is 4.45. The molecule has 1 aromatic rings. The molecule has 0 atom stereocenters.